The van der Waals surface area contributed by atoms with Crippen molar-refractivity contribution in [3.63, 3.8) is 0 Å². The molecule has 0 aromatic heterocycles. The summed E-state index contributed by atoms with van der Waals surface area (Å²) in [6.45, 7) is 0. The molecule has 0 saturated carbocycles. The summed E-state index contributed by atoms with van der Waals surface area (Å²) in [7, 11) is 0. The predicted octanol–water partition coefficient (Wildman–Crippen LogP) is 1.18. The number of carbonyl (C=O) groups is 1. The summed E-state index contributed by atoms with van der Waals surface area (Å²) in [6.07, 6.45) is 3.20. The minimum atomic E-state index is -2.18. The molecule has 4 nitrogen and oxygen atoms in total. The lowest BCUT2D eigenvalue weighted by Crippen LogP contribution is -2.29. The van der Waals surface area contributed by atoms with Crippen LogP contribution in [0.5, 0.6) is 0 Å². The van der Waals surface area contributed by atoms with Crippen molar-refractivity contribution in [2.24, 2.45) is 5.92 Å². The monoisotopic (exact) mass is 232 g/mol. The van der Waals surface area contributed by atoms with E-state index < -0.39 is 11.7 Å². The second kappa shape index (κ2) is 4.16. The van der Waals surface area contributed by atoms with Gasteiger partial charge in [-0.25, -0.2) is 0 Å². The van der Waals surface area contributed by atoms with Gasteiger partial charge < -0.3 is 15.3 Å². The topological polar surface area (TPSA) is 77.8 Å². The van der Waals surface area contributed by atoms with E-state index in [4.69, 9.17) is 0 Å². The molecular formula is C13H12O4. The van der Waals surface area contributed by atoms with Crippen LogP contribution in [-0.4, -0.2) is 26.9 Å². The summed E-state index contributed by atoms with van der Waals surface area (Å²) in [4.78, 5) is 12.0. The van der Waals surface area contributed by atoms with Gasteiger partial charge in [0.05, 0.1) is 5.92 Å². The molecule has 1 unspecified atom stereocenters. The molecule has 1 aliphatic carbocycles. The van der Waals surface area contributed by atoms with Crippen LogP contribution in [0.25, 0.3) is 0 Å². The van der Waals surface area contributed by atoms with Gasteiger partial charge in [0.2, 0.25) is 5.79 Å². The molecule has 0 radical (unpaired) electrons. The van der Waals surface area contributed by atoms with Gasteiger partial charge in [-0.3, -0.25) is 4.79 Å². The molecule has 4 heteroatoms. The third-order valence-corrected chi connectivity index (χ3v) is 2.55. The summed E-state index contributed by atoms with van der Waals surface area (Å²) in [5, 5.41) is 28.1. The summed E-state index contributed by atoms with van der Waals surface area (Å²) < 4.78 is 0. The zero-order valence-electron chi connectivity index (χ0n) is 8.95. The molecule has 0 spiro atoms. The number of allylic oxidation sites excluding steroid dienone is 1. The fourth-order valence-electron chi connectivity index (χ4n) is 1.70. The van der Waals surface area contributed by atoms with Crippen molar-refractivity contribution in [3.05, 3.63) is 59.9 Å². The minimum Gasteiger partial charge on any atom is -0.511 e. The highest BCUT2D eigenvalue weighted by Crippen LogP contribution is 2.24. The lowest BCUT2D eigenvalue weighted by Gasteiger charge is -2.21. The van der Waals surface area contributed by atoms with Gasteiger partial charge in [0.1, 0.15) is 5.76 Å². The number of aliphatic hydroxyl groups is 3. The van der Waals surface area contributed by atoms with Gasteiger partial charge in [-0.15, -0.1) is 0 Å². The molecule has 3 N–H and O–H groups in total. The highest BCUT2D eigenvalue weighted by molar-refractivity contribution is 6.00. The predicted molar refractivity (Wildman–Crippen MR) is 61.3 cm³/mol. The zero-order chi connectivity index (χ0) is 12.5. The SMILES string of the molecule is O=C(c1ccccc1)C1C=CC(O)(O)C=C1O. The van der Waals surface area contributed by atoms with E-state index in [0.29, 0.717) is 5.56 Å². The van der Waals surface area contributed by atoms with Gasteiger partial charge >= 0.3 is 0 Å². The molecule has 1 aromatic carbocycles. The average Bonchev–Trinajstić information content (AvgIpc) is 2.28. The van der Waals surface area contributed by atoms with Crippen molar-refractivity contribution in [2.45, 2.75) is 5.79 Å². The molecular weight excluding hydrogens is 220 g/mol. The number of benzene rings is 1. The van der Waals surface area contributed by atoms with Crippen LogP contribution in [0.15, 0.2) is 54.3 Å². The van der Waals surface area contributed by atoms with E-state index in [9.17, 15) is 20.1 Å². The Kier molecular flexibility index (Phi) is 2.83. The number of hydrogen-bond acceptors (Lipinski definition) is 4. The van der Waals surface area contributed by atoms with E-state index in [0.717, 1.165) is 12.2 Å². The Morgan fingerprint density at radius 2 is 1.82 bits per heavy atom. The van der Waals surface area contributed by atoms with Crippen molar-refractivity contribution < 1.29 is 20.1 Å². The molecule has 1 aromatic rings. The Hall–Kier alpha value is -1.91. The Morgan fingerprint density at radius 3 is 2.41 bits per heavy atom. The molecule has 1 atom stereocenters. The second-order valence-electron chi connectivity index (χ2n) is 3.92. The largest absolute Gasteiger partial charge is 0.511 e. The van der Waals surface area contributed by atoms with E-state index >= 15 is 0 Å². The fraction of sp³-hybridized carbons (Fsp3) is 0.154. The zero-order valence-corrected chi connectivity index (χ0v) is 8.95. The Morgan fingerprint density at radius 1 is 1.18 bits per heavy atom. The quantitative estimate of drug-likeness (QED) is 0.406. The van der Waals surface area contributed by atoms with Crippen molar-refractivity contribution >= 4 is 5.78 Å². The van der Waals surface area contributed by atoms with Gasteiger partial charge in [-0.05, 0) is 6.08 Å². The summed E-state index contributed by atoms with van der Waals surface area (Å²) >= 11 is 0. The number of carbonyl (C=O) groups excluding carboxylic acids is 1. The molecule has 0 fully saturated rings. The average molecular weight is 232 g/mol. The summed E-state index contributed by atoms with van der Waals surface area (Å²) in [6, 6.07) is 8.52. The summed E-state index contributed by atoms with van der Waals surface area (Å²) in [5.41, 5.74) is 0.463. The van der Waals surface area contributed by atoms with Gasteiger partial charge in [0, 0.05) is 11.6 Å². The normalized spacial score (nSPS) is 22.0. The lowest BCUT2D eigenvalue weighted by molar-refractivity contribution is -0.0784. The van der Waals surface area contributed by atoms with E-state index in [1.165, 1.54) is 6.08 Å². The van der Waals surface area contributed by atoms with Crippen molar-refractivity contribution in [2.75, 3.05) is 0 Å². The standard InChI is InChI=1S/C13H12O4/c14-11-8-13(16,17)7-6-10(11)12(15)9-4-2-1-3-5-9/h1-8,10,14,16-17H. The summed E-state index contributed by atoms with van der Waals surface area (Å²) in [5.74, 6) is -3.68. The van der Waals surface area contributed by atoms with Crippen LogP contribution in [0.3, 0.4) is 0 Å². The lowest BCUT2D eigenvalue weighted by atomic mass is 9.90. The molecule has 0 saturated heterocycles. The third kappa shape index (κ3) is 2.43. The third-order valence-electron chi connectivity index (χ3n) is 2.55. The number of rotatable bonds is 2. The molecule has 0 aliphatic heterocycles. The van der Waals surface area contributed by atoms with Gasteiger partial charge in [-0.1, -0.05) is 36.4 Å². The van der Waals surface area contributed by atoms with Crippen LogP contribution < -0.4 is 0 Å². The number of Topliss-reactive ketones (excluding diaryl/α,β-unsaturated/α-hetero) is 1. The first-order valence-electron chi connectivity index (χ1n) is 5.15. The van der Waals surface area contributed by atoms with Crippen molar-refractivity contribution in [3.8, 4) is 0 Å². The van der Waals surface area contributed by atoms with Crippen LogP contribution in [0.2, 0.25) is 0 Å². The van der Waals surface area contributed by atoms with E-state index in [2.05, 4.69) is 0 Å². The molecule has 88 valence electrons. The molecule has 17 heavy (non-hydrogen) atoms. The first-order valence-corrected chi connectivity index (χ1v) is 5.15. The van der Waals surface area contributed by atoms with E-state index in [1.54, 1.807) is 30.3 Å². The number of aliphatic hydroxyl groups excluding tert-OH is 1. The first-order chi connectivity index (χ1) is 7.99. The molecule has 1 aliphatic rings. The van der Waals surface area contributed by atoms with E-state index in [1.807, 2.05) is 0 Å². The fourth-order valence-corrected chi connectivity index (χ4v) is 1.70. The maximum atomic E-state index is 12.0. The second-order valence-corrected chi connectivity index (χ2v) is 3.92. The van der Waals surface area contributed by atoms with Crippen molar-refractivity contribution in [1.82, 2.24) is 0 Å². The highest BCUT2D eigenvalue weighted by Gasteiger charge is 2.30. The van der Waals surface area contributed by atoms with Crippen LogP contribution in [0.4, 0.5) is 0 Å². The first kappa shape index (κ1) is 11.6. The molecule has 2 rings (SSSR count). The Labute approximate surface area is 98.1 Å². The van der Waals surface area contributed by atoms with Gasteiger partial charge in [0.15, 0.2) is 5.78 Å². The highest BCUT2D eigenvalue weighted by atomic mass is 16.5. The van der Waals surface area contributed by atoms with Gasteiger partial charge in [-0.2, -0.15) is 0 Å². The van der Waals surface area contributed by atoms with Gasteiger partial charge in [0.25, 0.3) is 0 Å². The van der Waals surface area contributed by atoms with E-state index in [-0.39, 0.29) is 11.5 Å². The van der Waals surface area contributed by atoms with Crippen molar-refractivity contribution in [1.29, 1.82) is 0 Å². The van der Waals surface area contributed by atoms with Crippen LogP contribution in [-0.2, 0) is 0 Å². The molecule has 0 amide bonds. The Balaban J connectivity index is 2.27. The van der Waals surface area contributed by atoms with Crippen LogP contribution >= 0.6 is 0 Å². The van der Waals surface area contributed by atoms with Crippen LogP contribution in [0, 0.1) is 5.92 Å². The number of ketones is 1. The Bertz CT molecular complexity index is 485. The molecule has 0 heterocycles. The number of hydrogen-bond donors (Lipinski definition) is 3. The minimum absolute atomic E-state index is 0.286. The smallest absolute Gasteiger partial charge is 0.206 e. The maximum absolute atomic E-state index is 12.0. The maximum Gasteiger partial charge on any atom is 0.206 e. The van der Waals surface area contributed by atoms with Crippen LogP contribution in [0.1, 0.15) is 10.4 Å². The molecule has 0 bridgehead atoms.